The predicted octanol–water partition coefficient (Wildman–Crippen LogP) is 3.57. The maximum absolute atomic E-state index is 3.90. The predicted molar refractivity (Wildman–Crippen MR) is 62.2 cm³/mol. The molecule has 1 N–H and O–H groups in total. The van der Waals surface area contributed by atoms with Gasteiger partial charge in [-0.1, -0.05) is 18.7 Å². The minimum atomic E-state index is 1.20. The van der Waals surface area contributed by atoms with Crippen LogP contribution < -0.4 is 0 Å². The summed E-state index contributed by atoms with van der Waals surface area (Å²) in [5, 5.41) is 0. The van der Waals surface area contributed by atoms with Gasteiger partial charge in [0.05, 0.1) is 0 Å². The number of aromatic amines is 1. The Morgan fingerprint density at radius 1 is 1.29 bits per heavy atom. The average Bonchev–Trinajstić information content (AvgIpc) is 2.55. The Hall–Kier alpha value is -1.24. The molecular formula is C13H17N. The van der Waals surface area contributed by atoms with Gasteiger partial charge in [-0.25, -0.2) is 0 Å². The summed E-state index contributed by atoms with van der Waals surface area (Å²) < 4.78 is 0. The quantitative estimate of drug-likeness (QED) is 0.728. The molecule has 1 heteroatoms. The highest BCUT2D eigenvalue weighted by atomic mass is 14.7. The van der Waals surface area contributed by atoms with Gasteiger partial charge in [-0.3, -0.25) is 0 Å². The SMILES string of the molecule is C=Cc1c(/C=C\C)[nH]c2c1CCCC2. The zero-order chi connectivity index (χ0) is 9.97. The van der Waals surface area contributed by atoms with Gasteiger partial charge in [-0.2, -0.15) is 0 Å². The monoisotopic (exact) mass is 187 g/mol. The molecule has 1 aromatic rings. The van der Waals surface area contributed by atoms with Crippen molar-refractivity contribution in [1.29, 1.82) is 0 Å². The van der Waals surface area contributed by atoms with Crippen LogP contribution in [-0.2, 0) is 12.8 Å². The standard InChI is InChI=1S/C13H17N/c1-3-7-12-10(4-2)11-8-5-6-9-13(11)14-12/h3-4,7,14H,2,5-6,8-9H2,1H3/b7-3-. The molecule has 1 nitrogen and oxygen atoms in total. The molecular weight excluding hydrogens is 170 g/mol. The molecule has 2 rings (SSSR count). The third-order valence-electron chi connectivity index (χ3n) is 2.91. The highest BCUT2D eigenvalue weighted by Crippen LogP contribution is 2.28. The molecule has 0 saturated carbocycles. The van der Waals surface area contributed by atoms with Crippen molar-refractivity contribution in [2.75, 3.05) is 0 Å². The summed E-state index contributed by atoms with van der Waals surface area (Å²) >= 11 is 0. The molecule has 0 spiro atoms. The van der Waals surface area contributed by atoms with Gasteiger partial charge in [0.1, 0.15) is 0 Å². The Morgan fingerprint density at radius 2 is 2.07 bits per heavy atom. The Morgan fingerprint density at radius 3 is 2.79 bits per heavy atom. The van der Waals surface area contributed by atoms with E-state index in [1.54, 1.807) is 0 Å². The van der Waals surface area contributed by atoms with Gasteiger partial charge >= 0.3 is 0 Å². The zero-order valence-corrected chi connectivity index (χ0v) is 8.77. The van der Waals surface area contributed by atoms with E-state index in [0.717, 1.165) is 0 Å². The summed E-state index contributed by atoms with van der Waals surface area (Å²) in [5.41, 5.74) is 5.48. The van der Waals surface area contributed by atoms with Crippen molar-refractivity contribution >= 4 is 12.2 Å². The van der Waals surface area contributed by atoms with E-state index in [1.807, 2.05) is 13.0 Å². The topological polar surface area (TPSA) is 15.8 Å². The van der Waals surface area contributed by atoms with Crippen LogP contribution >= 0.6 is 0 Å². The second-order valence-electron chi connectivity index (χ2n) is 3.82. The van der Waals surface area contributed by atoms with E-state index < -0.39 is 0 Å². The molecule has 0 bridgehead atoms. The molecule has 0 aromatic carbocycles. The van der Waals surface area contributed by atoms with E-state index in [2.05, 4.69) is 23.7 Å². The van der Waals surface area contributed by atoms with Crippen molar-refractivity contribution in [3.05, 3.63) is 35.2 Å². The van der Waals surface area contributed by atoms with E-state index in [4.69, 9.17) is 0 Å². The molecule has 0 aliphatic heterocycles. The molecule has 14 heavy (non-hydrogen) atoms. The first kappa shape index (κ1) is 9.32. The van der Waals surface area contributed by atoms with Crippen molar-refractivity contribution < 1.29 is 0 Å². The van der Waals surface area contributed by atoms with E-state index in [1.165, 1.54) is 48.2 Å². The van der Waals surface area contributed by atoms with Gasteiger partial charge in [0.2, 0.25) is 0 Å². The van der Waals surface area contributed by atoms with Crippen LogP contribution in [0.2, 0.25) is 0 Å². The summed E-state index contributed by atoms with van der Waals surface area (Å²) in [6.07, 6.45) is 11.2. The van der Waals surface area contributed by atoms with E-state index in [-0.39, 0.29) is 0 Å². The molecule has 74 valence electrons. The smallest absolute Gasteiger partial charge is 0.0455 e. The molecule has 0 unspecified atom stereocenters. The lowest BCUT2D eigenvalue weighted by Crippen LogP contribution is -2.00. The van der Waals surface area contributed by atoms with Gasteiger partial charge < -0.3 is 4.98 Å². The highest BCUT2D eigenvalue weighted by molar-refractivity contribution is 5.66. The number of H-pyrrole nitrogens is 1. The highest BCUT2D eigenvalue weighted by Gasteiger charge is 2.16. The lowest BCUT2D eigenvalue weighted by atomic mass is 9.94. The Labute approximate surface area is 85.5 Å². The molecule has 1 aliphatic carbocycles. The Kier molecular flexibility index (Phi) is 2.58. The molecule has 1 heterocycles. The number of fused-ring (bicyclic) bond motifs is 1. The first-order valence-electron chi connectivity index (χ1n) is 5.35. The number of rotatable bonds is 2. The fourth-order valence-electron chi connectivity index (χ4n) is 2.26. The largest absolute Gasteiger partial charge is 0.358 e. The molecule has 1 aliphatic rings. The summed E-state index contributed by atoms with van der Waals surface area (Å²) in [6.45, 7) is 5.95. The summed E-state index contributed by atoms with van der Waals surface area (Å²) in [6, 6.07) is 0. The number of allylic oxidation sites excluding steroid dienone is 1. The van der Waals surface area contributed by atoms with E-state index >= 15 is 0 Å². The second-order valence-corrected chi connectivity index (χ2v) is 3.82. The van der Waals surface area contributed by atoms with E-state index in [0.29, 0.717) is 0 Å². The van der Waals surface area contributed by atoms with Gasteiger partial charge in [-0.15, -0.1) is 0 Å². The van der Waals surface area contributed by atoms with Crippen LogP contribution in [0.1, 0.15) is 42.3 Å². The molecule has 0 amide bonds. The third-order valence-corrected chi connectivity index (χ3v) is 2.91. The van der Waals surface area contributed by atoms with Crippen LogP contribution in [0.4, 0.5) is 0 Å². The zero-order valence-electron chi connectivity index (χ0n) is 8.77. The van der Waals surface area contributed by atoms with E-state index in [9.17, 15) is 0 Å². The van der Waals surface area contributed by atoms with Crippen molar-refractivity contribution in [3.63, 3.8) is 0 Å². The first-order chi connectivity index (χ1) is 6.86. The van der Waals surface area contributed by atoms with Gasteiger partial charge in [0.15, 0.2) is 0 Å². The molecule has 0 saturated heterocycles. The van der Waals surface area contributed by atoms with Crippen molar-refractivity contribution in [1.82, 2.24) is 4.98 Å². The minimum absolute atomic E-state index is 1.20. The number of hydrogen-bond acceptors (Lipinski definition) is 0. The second kappa shape index (κ2) is 3.87. The normalized spacial score (nSPS) is 15.8. The van der Waals surface area contributed by atoms with Gasteiger partial charge in [0.25, 0.3) is 0 Å². The number of aromatic nitrogens is 1. The molecule has 0 atom stereocenters. The van der Waals surface area contributed by atoms with Crippen LogP contribution in [0.25, 0.3) is 12.2 Å². The average molecular weight is 187 g/mol. The van der Waals surface area contributed by atoms with Crippen molar-refractivity contribution in [2.24, 2.45) is 0 Å². The van der Waals surface area contributed by atoms with Gasteiger partial charge in [0, 0.05) is 17.0 Å². The minimum Gasteiger partial charge on any atom is -0.358 e. The van der Waals surface area contributed by atoms with Crippen molar-refractivity contribution in [2.45, 2.75) is 32.6 Å². The maximum Gasteiger partial charge on any atom is 0.0455 e. The number of nitrogens with one attached hydrogen (secondary N) is 1. The maximum atomic E-state index is 3.90. The fraction of sp³-hybridized carbons (Fsp3) is 0.385. The summed E-state index contributed by atoms with van der Waals surface area (Å²) in [7, 11) is 0. The molecule has 0 fully saturated rings. The summed E-state index contributed by atoms with van der Waals surface area (Å²) in [5.74, 6) is 0. The fourth-order valence-corrected chi connectivity index (χ4v) is 2.26. The molecule has 1 aromatic heterocycles. The lowest BCUT2D eigenvalue weighted by Gasteiger charge is -2.10. The third kappa shape index (κ3) is 1.43. The Balaban J connectivity index is 2.51. The first-order valence-corrected chi connectivity index (χ1v) is 5.35. The number of hydrogen-bond donors (Lipinski definition) is 1. The Bertz CT molecular complexity index is 369. The van der Waals surface area contributed by atoms with Gasteiger partial charge in [-0.05, 0) is 44.2 Å². The van der Waals surface area contributed by atoms with Crippen LogP contribution in [0.3, 0.4) is 0 Å². The number of aryl methyl sites for hydroxylation is 1. The van der Waals surface area contributed by atoms with Crippen LogP contribution in [-0.4, -0.2) is 4.98 Å². The summed E-state index contributed by atoms with van der Waals surface area (Å²) in [4.78, 5) is 3.50. The lowest BCUT2D eigenvalue weighted by molar-refractivity contribution is 0.676. The van der Waals surface area contributed by atoms with Crippen LogP contribution in [0.15, 0.2) is 12.7 Å². The van der Waals surface area contributed by atoms with Crippen LogP contribution in [0.5, 0.6) is 0 Å². The van der Waals surface area contributed by atoms with Crippen LogP contribution in [0, 0.1) is 0 Å². The molecule has 0 radical (unpaired) electrons. The van der Waals surface area contributed by atoms with Crippen molar-refractivity contribution in [3.8, 4) is 0 Å².